The third kappa shape index (κ3) is 4.31. The molecule has 1 aliphatic heterocycles. The number of imidazole rings is 1. The number of rotatable bonds is 3. The zero-order valence-electron chi connectivity index (χ0n) is 17.5. The Labute approximate surface area is 192 Å². The molecule has 1 saturated heterocycles. The molecule has 2 amide bonds. The summed E-state index contributed by atoms with van der Waals surface area (Å²) in [5.74, 6) is 0.391. The van der Waals surface area contributed by atoms with Crippen molar-refractivity contribution in [3.05, 3.63) is 33.7 Å². The molecule has 0 saturated carbocycles. The summed E-state index contributed by atoms with van der Waals surface area (Å²) < 4.78 is 0.988. The van der Waals surface area contributed by atoms with Gasteiger partial charge < -0.3 is 20.3 Å². The van der Waals surface area contributed by atoms with Crippen LogP contribution in [-0.4, -0.2) is 55.6 Å². The Morgan fingerprint density at radius 3 is 2.74 bits per heavy atom. The Morgan fingerprint density at radius 1 is 1.32 bits per heavy atom. The van der Waals surface area contributed by atoms with Crippen molar-refractivity contribution in [1.29, 1.82) is 0 Å². The summed E-state index contributed by atoms with van der Waals surface area (Å²) >= 11 is 4.99. The molecule has 3 N–H and O–H groups in total. The van der Waals surface area contributed by atoms with Gasteiger partial charge >= 0.3 is 6.09 Å². The lowest BCUT2D eigenvalue weighted by molar-refractivity contribution is 0.0359. The highest BCUT2D eigenvalue weighted by Crippen LogP contribution is 2.33. The van der Waals surface area contributed by atoms with E-state index in [9.17, 15) is 14.7 Å². The van der Waals surface area contributed by atoms with Crippen molar-refractivity contribution in [2.75, 3.05) is 6.54 Å². The molecule has 0 aromatic carbocycles. The molecular formula is C21H24BrN5O3S. The maximum Gasteiger partial charge on any atom is 0.407 e. The summed E-state index contributed by atoms with van der Waals surface area (Å²) in [5.41, 5.74) is 1.16. The van der Waals surface area contributed by atoms with Gasteiger partial charge in [-0.3, -0.25) is 4.79 Å². The number of thiophene rings is 1. The zero-order valence-corrected chi connectivity index (χ0v) is 19.9. The minimum atomic E-state index is -0.953. The van der Waals surface area contributed by atoms with E-state index in [4.69, 9.17) is 0 Å². The number of hydrogen-bond donors (Lipinski definition) is 3. The van der Waals surface area contributed by atoms with Gasteiger partial charge in [0.1, 0.15) is 0 Å². The molecule has 2 atom stereocenters. The quantitative estimate of drug-likeness (QED) is 0.476. The monoisotopic (exact) mass is 505 g/mol. The second kappa shape index (κ2) is 8.23. The van der Waals surface area contributed by atoms with E-state index in [1.165, 1.54) is 16.2 Å². The number of fused-ring (bicyclic) bond motifs is 1. The van der Waals surface area contributed by atoms with Crippen molar-refractivity contribution >= 4 is 50.4 Å². The number of piperidine rings is 1. The highest BCUT2D eigenvalue weighted by molar-refractivity contribution is 9.11. The van der Waals surface area contributed by atoms with Crippen molar-refractivity contribution in [1.82, 2.24) is 25.2 Å². The first-order valence-corrected chi connectivity index (χ1v) is 11.7. The lowest BCUT2D eigenvalue weighted by Crippen LogP contribution is -2.61. The van der Waals surface area contributed by atoms with Gasteiger partial charge in [-0.25, -0.2) is 14.8 Å². The molecule has 0 aliphatic carbocycles. The molecule has 8 nitrogen and oxygen atoms in total. The fourth-order valence-electron chi connectivity index (χ4n) is 4.34. The van der Waals surface area contributed by atoms with E-state index in [2.05, 4.69) is 36.2 Å². The molecule has 1 aliphatic rings. The molecule has 2 unspecified atom stereocenters. The normalized spacial score (nSPS) is 19.5. The lowest BCUT2D eigenvalue weighted by atomic mass is 9.77. The van der Waals surface area contributed by atoms with E-state index in [0.717, 1.165) is 15.1 Å². The molecule has 3 aromatic heterocycles. The first-order valence-electron chi connectivity index (χ1n) is 10.1. The van der Waals surface area contributed by atoms with Crippen LogP contribution in [0.25, 0.3) is 21.9 Å². The van der Waals surface area contributed by atoms with E-state index in [0.29, 0.717) is 35.5 Å². The number of amides is 2. The maximum absolute atomic E-state index is 13.3. The van der Waals surface area contributed by atoms with Crippen molar-refractivity contribution in [3.8, 4) is 10.7 Å². The molecule has 0 spiro atoms. The average Bonchev–Trinajstić information content (AvgIpc) is 3.32. The molecule has 164 valence electrons. The fraction of sp³-hybridized carbons (Fsp3) is 0.429. The molecule has 4 rings (SSSR count). The minimum Gasteiger partial charge on any atom is -0.465 e. The van der Waals surface area contributed by atoms with Gasteiger partial charge in [-0.15, -0.1) is 11.3 Å². The summed E-state index contributed by atoms with van der Waals surface area (Å²) in [4.78, 5) is 39.5. The second-order valence-electron chi connectivity index (χ2n) is 8.76. The first-order chi connectivity index (χ1) is 14.6. The molecule has 0 bridgehead atoms. The number of hydrogen-bond acceptors (Lipinski definition) is 5. The van der Waals surface area contributed by atoms with Crippen LogP contribution in [0.2, 0.25) is 0 Å². The molecule has 0 radical (unpaired) electrons. The predicted molar refractivity (Wildman–Crippen MR) is 123 cm³/mol. The number of H-pyrrole nitrogens is 1. The molecule has 31 heavy (non-hydrogen) atoms. The van der Waals surface area contributed by atoms with Crippen LogP contribution in [0.5, 0.6) is 0 Å². The predicted octanol–water partition coefficient (Wildman–Crippen LogP) is 4.74. The van der Waals surface area contributed by atoms with Gasteiger partial charge in [0.05, 0.1) is 31.8 Å². The SMILES string of the molecule is CC(C)(C)C1C(NC(=O)c2ccnc3nc(-c4ccc(Br)s4)[nH]c23)CCCN1C(=O)O. The number of likely N-dealkylation sites (tertiary alicyclic amines) is 1. The molecule has 1 fully saturated rings. The fourth-order valence-corrected chi connectivity index (χ4v) is 5.67. The van der Waals surface area contributed by atoms with Crippen LogP contribution in [-0.2, 0) is 0 Å². The molecule has 3 aromatic rings. The van der Waals surface area contributed by atoms with Crippen molar-refractivity contribution in [2.24, 2.45) is 5.41 Å². The van der Waals surface area contributed by atoms with Crippen LogP contribution in [0.3, 0.4) is 0 Å². The Morgan fingerprint density at radius 2 is 2.10 bits per heavy atom. The van der Waals surface area contributed by atoms with Crippen LogP contribution in [0.15, 0.2) is 28.2 Å². The number of halogens is 1. The number of nitrogens with zero attached hydrogens (tertiary/aromatic N) is 3. The van der Waals surface area contributed by atoms with Gasteiger partial charge in [-0.05, 0) is 52.4 Å². The van der Waals surface area contributed by atoms with Crippen LogP contribution in [0, 0.1) is 5.41 Å². The van der Waals surface area contributed by atoms with Crippen molar-refractivity contribution < 1.29 is 14.7 Å². The van der Waals surface area contributed by atoms with E-state index >= 15 is 0 Å². The Kier molecular flexibility index (Phi) is 5.78. The molecular weight excluding hydrogens is 482 g/mol. The van der Waals surface area contributed by atoms with Gasteiger partial charge in [0.2, 0.25) is 0 Å². The van der Waals surface area contributed by atoms with Crippen LogP contribution >= 0.6 is 27.3 Å². The van der Waals surface area contributed by atoms with Gasteiger partial charge in [-0.1, -0.05) is 20.8 Å². The summed E-state index contributed by atoms with van der Waals surface area (Å²) in [6.45, 7) is 6.48. The highest BCUT2D eigenvalue weighted by atomic mass is 79.9. The molecule has 4 heterocycles. The standard InChI is InChI=1S/C21H24BrN5O3S/c1-21(2,3)16-12(5-4-10-27(16)20(29)30)24-19(28)11-8-9-23-18-15(11)25-17(26-18)13-6-7-14(22)31-13/h6-9,12,16H,4-5,10H2,1-3H3,(H,24,28)(H,29,30)(H,23,25,26). The van der Waals surface area contributed by atoms with Crippen molar-refractivity contribution in [2.45, 2.75) is 45.7 Å². The number of nitrogens with one attached hydrogen (secondary N) is 2. The average molecular weight is 506 g/mol. The summed E-state index contributed by atoms with van der Waals surface area (Å²) in [5, 5.41) is 12.8. The Bertz CT molecular complexity index is 1140. The van der Waals surface area contributed by atoms with Gasteiger partial charge in [0, 0.05) is 12.7 Å². The second-order valence-corrected chi connectivity index (χ2v) is 11.2. The summed E-state index contributed by atoms with van der Waals surface area (Å²) in [6.07, 6.45) is 2.04. The number of carboxylic acid groups (broad SMARTS) is 1. The summed E-state index contributed by atoms with van der Waals surface area (Å²) in [6, 6.07) is 4.95. The Balaban J connectivity index is 1.64. The number of aromatic nitrogens is 3. The third-order valence-electron chi connectivity index (χ3n) is 5.52. The van der Waals surface area contributed by atoms with Crippen LogP contribution in [0.4, 0.5) is 4.79 Å². The highest BCUT2D eigenvalue weighted by Gasteiger charge is 2.42. The van der Waals surface area contributed by atoms with Crippen LogP contribution < -0.4 is 5.32 Å². The van der Waals surface area contributed by atoms with Gasteiger partial charge in [0.25, 0.3) is 5.91 Å². The number of carbonyl (C=O) groups excluding carboxylic acids is 1. The number of pyridine rings is 1. The maximum atomic E-state index is 13.3. The van der Waals surface area contributed by atoms with Gasteiger partial charge in [0.15, 0.2) is 11.5 Å². The van der Waals surface area contributed by atoms with Gasteiger partial charge in [-0.2, -0.15) is 0 Å². The lowest BCUT2D eigenvalue weighted by Gasteiger charge is -2.46. The molecule has 10 heteroatoms. The first kappa shape index (κ1) is 21.8. The van der Waals surface area contributed by atoms with E-state index in [-0.39, 0.29) is 23.4 Å². The largest absolute Gasteiger partial charge is 0.465 e. The number of carbonyl (C=O) groups is 2. The van der Waals surface area contributed by atoms with E-state index in [1.54, 1.807) is 12.3 Å². The van der Waals surface area contributed by atoms with E-state index in [1.807, 2.05) is 32.9 Å². The van der Waals surface area contributed by atoms with Crippen molar-refractivity contribution in [3.63, 3.8) is 0 Å². The van der Waals surface area contributed by atoms with E-state index < -0.39 is 6.09 Å². The smallest absolute Gasteiger partial charge is 0.407 e. The third-order valence-corrected chi connectivity index (χ3v) is 7.15. The minimum absolute atomic E-state index is 0.263. The number of aromatic amines is 1. The summed E-state index contributed by atoms with van der Waals surface area (Å²) in [7, 11) is 0. The zero-order chi connectivity index (χ0) is 22.3. The topological polar surface area (TPSA) is 111 Å². The van der Waals surface area contributed by atoms with Crippen LogP contribution in [0.1, 0.15) is 44.0 Å². The Hall–Kier alpha value is -2.46.